The Morgan fingerprint density at radius 1 is 1.11 bits per heavy atom. The fraction of sp³-hybridized carbons (Fsp3) is 0.938. The van der Waals surface area contributed by atoms with E-state index in [4.69, 9.17) is 5.73 Å². The summed E-state index contributed by atoms with van der Waals surface area (Å²) in [5.41, 5.74) is 5.75. The van der Waals surface area contributed by atoms with Crippen LogP contribution >= 0.6 is 0 Å². The van der Waals surface area contributed by atoms with Crippen molar-refractivity contribution in [3.05, 3.63) is 0 Å². The average molecular weight is 266 g/mol. The van der Waals surface area contributed by atoms with Crippen LogP contribution in [0.5, 0.6) is 0 Å². The van der Waals surface area contributed by atoms with Crippen molar-refractivity contribution in [3.8, 4) is 0 Å². The van der Waals surface area contributed by atoms with Crippen LogP contribution < -0.4 is 11.1 Å². The van der Waals surface area contributed by atoms with Crippen LogP contribution in [-0.4, -0.2) is 18.5 Å². The summed E-state index contributed by atoms with van der Waals surface area (Å²) in [5.74, 6) is 1.92. The minimum atomic E-state index is 0.226. The van der Waals surface area contributed by atoms with Gasteiger partial charge in [-0.1, -0.05) is 32.6 Å². The van der Waals surface area contributed by atoms with Gasteiger partial charge in [0, 0.05) is 12.0 Å². The SMILES string of the molecule is CCC1CCCC(NC(=O)C2CCCC(CN)C2)C1. The van der Waals surface area contributed by atoms with E-state index in [-0.39, 0.29) is 5.92 Å². The maximum Gasteiger partial charge on any atom is 0.223 e. The van der Waals surface area contributed by atoms with E-state index in [0.717, 1.165) is 25.3 Å². The van der Waals surface area contributed by atoms with Crippen molar-refractivity contribution >= 4 is 5.91 Å². The summed E-state index contributed by atoms with van der Waals surface area (Å²) in [6.45, 7) is 3.01. The lowest BCUT2D eigenvalue weighted by Gasteiger charge is -2.32. The van der Waals surface area contributed by atoms with Crippen LogP contribution in [0.15, 0.2) is 0 Å². The van der Waals surface area contributed by atoms with Crippen molar-refractivity contribution in [2.45, 2.75) is 70.8 Å². The minimum absolute atomic E-state index is 0.226. The van der Waals surface area contributed by atoms with E-state index in [2.05, 4.69) is 12.2 Å². The molecule has 0 spiro atoms. The van der Waals surface area contributed by atoms with E-state index in [1.807, 2.05) is 0 Å². The van der Waals surface area contributed by atoms with Crippen molar-refractivity contribution in [3.63, 3.8) is 0 Å². The summed E-state index contributed by atoms with van der Waals surface area (Å²) < 4.78 is 0. The Morgan fingerprint density at radius 3 is 2.58 bits per heavy atom. The van der Waals surface area contributed by atoms with Crippen molar-refractivity contribution in [1.29, 1.82) is 0 Å². The first-order chi connectivity index (χ1) is 9.22. The van der Waals surface area contributed by atoms with Crippen LogP contribution in [0.2, 0.25) is 0 Å². The van der Waals surface area contributed by atoms with Gasteiger partial charge in [-0.05, 0) is 50.5 Å². The molecule has 19 heavy (non-hydrogen) atoms. The van der Waals surface area contributed by atoms with Crippen LogP contribution in [0, 0.1) is 17.8 Å². The predicted octanol–water partition coefficient (Wildman–Crippen LogP) is 2.84. The fourth-order valence-corrected chi connectivity index (χ4v) is 3.86. The predicted molar refractivity (Wildman–Crippen MR) is 78.7 cm³/mol. The van der Waals surface area contributed by atoms with Gasteiger partial charge in [-0.15, -0.1) is 0 Å². The molecule has 0 radical (unpaired) electrons. The highest BCUT2D eigenvalue weighted by Gasteiger charge is 2.29. The highest BCUT2D eigenvalue weighted by atomic mass is 16.1. The summed E-state index contributed by atoms with van der Waals surface area (Å²) in [5, 5.41) is 3.32. The third kappa shape index (κ3) is 4.20. The van der Waals surface area contributed by atoms with Gasteiger partial charge in [-0.3, -0.25) is 4.79 Å². The van der Waals surface area contributed by atoms with Gasteiger partial charge in [0.2, 0.25) is 5.91 Å². The number of carbonyl (C=O) groups excluding carboxylic acids is 1. The molecule has 0 aromatic carbocycles. The van der Waals surface area contributed by atoms with Gasteiger partial charge in [-0.25, -0.2) is 0 Å². The molecule has 110 valence electrons. The lowest BCUT2D eigenvalue weighted by molar-refractivity contribution is -0.127. The molecule has 0 bridgehead atoms. The van der Waals surface area contributed by atoms with Gasteiger partial charge in [-0.2, -0.15) is 0 Å². The summed E-state index contributed by atoms with van der Waals surface area (Å²) in [6, 6.07) is 0.435. The topological polar surface area (TPSA) is 55.1 Å². The smallest absolute Gasteiger partial charge is 0.223 e. The molecule has 0 aromatic heterocycles. The standard InChI is InChI=1S/C16H30N2O/c1-2-12-5-4-8-15(10-12)18-16(19)14-7-3-6-13(9-14)11-17/h12-15H,2-11,17H2,1H3,(H,18,19). The molecule has 2 saturated carbocycles. The maximum atomic E-state index is 12.4. The molecule has 2 aliphatic carbocycles. The Labute approximate surface area is 117 Å². The van der Waals surface area contributed by atoms with E-state index < -0.39 is 0 Å². The first-order valence-electron chi connectivity index (χ1n) is 8.23. The van der Waals surface area contributed by atoms with Crippen LogP contribution in [0.3, 0.4) is 0 Å². The second kappa shape index (κ2) is 7.28. The molecule has 0 heterocycles. The lowest BCUT2D eigenvalue weighted by atomic mass is 9.80. The average Bonchev–Trinajstić information content (AvgIpc) is 2.47. The zero-order valence-corrected chi connectivity index (χ0v) is 12.4. The first-order valence-corrected chi connectivity index (χ1v) is 8.23. The molecule has 0 saturated heterocycles. The van der Waals surface area contributed by atoms with Crippen molar-refractivity contribution in [2.75, 3.05) is 6.54 Å². The second-order valence-electron chi connectivity index (χ2n) is 6.61. The van der Waals surface area contributed by atoms with Crippen molar-refractivity contribution < 1.29 is 4.79 Å². The van der Waals surface area contributed by atoms with Gasteiger partial charge in [0.05, 0.1) is 0 Å². The third-order valence-electron chi connectivity index (χ3n) is 5.19. The molecule has 4 atom stereocenters. The maximum absolute atomic E-state index is 12.4. The zero-order valence-electron chi connectivity index (χ0n) is 12.4. The lowest BCUT2D eigenvalue weighted by Crippen LogP contribution is -2.43. The summed E-state index contributed by atoms with van der Waals surface area (Å²) in [7, 11) is 0. The Morgan fingerprint density at radius 2 is 1.84 bits per heavy atom. The van der Waals surface area contributed by atoms with Crippen LogP contribution in [0.1, 0.15) is 64.7 Å². The minimum Gasteiger partial charge on any atom is -0.353 e. The molecule has 3 N–H and O–H groups in total. The van der Waals surface area contributed by atoms with Crippen LogP contribution in [0.25, 0.3) is 0 Å². The van der Waals surface area contributed by atoms with Gasteiger partial charge in [0.25, 0.3) is 0 Å². The molecule has 0 aromatic rings. The van der Waals surface area contributed by atoms with Crippen molar-refractivity contribution in [2.24, 2.45) is 23.5 Å². The van der Waals surface area contributed by atoms with Crippen molar-refractivity contribution in [1.82, 2.24) is 5.32 Å². The quantitative estimate of drug-likeness (QED) is 0.822. The Kier molecular flexibility index (Phi) is 5.68. The normalized spacial score (nSPS) is 35.9. The molecule has 3 nitrogen and oxygen atoms in total. The molecular weight excluding hydrogens is 236 g/mol. The highest BCUT2D eigenvalue weighted by molar-refractivity contribution is 5.79. The molecule has 2 fully saturated rings. The number of amides is 1. The van der Waals surface area contributed by atoms with Gasteiger partial charge in [0.15, 0.2) is 0 Å². The largest absolute Gasteiger partial charge is 0.353 e. The van der Waals surface area contributed by atoms with E-state index in [9.17, 15) is 4.79 Å². The molecule has 0 aliphatic heterocycles. The van der Waals surface area contributed by atoms with E-state index in [1.165, 1.54) is 44.9 Å². The monoisotopic (exact) mass is 266 g/mol. The summed E-state index contributed by atoms with van der Waals surface area (Å²) in [6.07, 6.45) is 10.7. The highest BCUT2D eigenvalue weighted by Crippen LogP contribution is 2.30. The zero-order chi connectivity index (χ0) is 13.7. The number of nitrogens with one attached hydrogen (secondary N) is 1. The molecule has 4 unspecified atom stereocenters. The molecule has 2 aliphatic rings. The fourth-order valence-electron chi connectivity index (χ4n) is 3.86. The van der Waals surface area contributed by atoms with Gasteiger partial charge < -0.3 is 11.1 Å². The third-order valence-corrected chi connectivity index (χ3v) is 5.19. The number of rotatable bonds is 4. The molecule has 2 rings (SSSR count). The second-order valence-corrected chi connectivity index (χ2v) is 6.61. The molecule has 1 amide bonds. The summed E-state index contributed by atoms with van der Waals surface area (Å²) in [4.78, 5) is 12.4. The number of nitrogens with two attached hydrogens (primary N) is 1. The molecule has 3 heteroatoms. The number of hydrogen-bond donors (Lipinski definition) is 2. The Bertz CT molecular complexity index is 292. The van der Waals surface area contributed by atoms with E-state index >= 15 is 0 Å². The Balaban J connectivity index is 1.79. The summed E-state index contributed by atoms with van der Waals surface area (Å²) >= 11 is 0. The van der Waals surface area contributed by atoms with Crippen LogP contribution in [0.4, 0.5) is 0 Å². The van der Waals surface area contributed by atoms with E-state index in [1.54, 1.807) is 0 Å². The Hall–Kier alpha value is -0.570. The number of hydrogen-bond acceptors (Lipinski definition) is 2. The first kappa shape index (κ1) is 14.8. The van der Waals surface area contributed by atoms with Crippen LogP contribution in [-0.2, 0) is 4.79 Å². The van der Waals surface area contributed by atoms with E-state index in [0.29, 0.717) is 17.9 Å². The molecular formula is C16H30N2O. The van der Waals surface area contributed by atoms with Gasteiger partial charge >= 0.3 is 0 Å². The van der Waals surface area contributed by atoms with Gasteiger partial charge in [0.1, 0.15) is 0 Å². The number of carbonyl (C=O) groups is 1.